The fourth-order valence-electron chi connectivity index (χ4n) is 5.08. The maximum atomic E-state index is 13.3. The Morgan fingerprint density at radius 3 is 2.11 bits per heavy atom. The Morgan fingerprint density at radius 2 is 1.58 bits per heavy atom. The molecule has 2 saturated heterocycles. The lowest BCUT2D eigenvalue weighted by Gasteiger charge is -2.49. The fourth-order valence-corrected chi connectivity index (χ4v) is 5.08. The largest absolute Gasteiger partial charge is 0.416 e. The van der Waals surface area contributed by atoms with Crippen molar-refractivity contribution in [3.63, 3.8) is 0 Å². The van der Waals surface area contributed by atoms with Gasteiger partial charge in [0.05, 0.1) is 34.9 Å². The SMILES string of the molecule is CC(OCC1(c2ccccc2)CCC2(CCCC(=O)N2)CN1)c1cc(C(F)(F)F)cc(C(F)(F)F)c1. The van der Waals surface area contributed by atoms with Crippen LogP contribution in [0.4, 0.5) is 26.3 Å². The molecule has 3 unspecified atom stereocenters. The minimum atomic E-state index is -4.93. The van der Waals surface area contributed by atoms with Crippen molar-refractivity contribution in [3.05, 3.63) is 70.8 Å². The predicted molar refractivity (Wildman–Crippen MR) is 121 cm³/mol. The van der Waals surface area contributed by atoms with E-state index >= 15 is 0 Å². The Labute approximate surface area is 205 Å². The molecule has 2 N–H and O–H groups in total. The third kappa shape index (κ3) is 5.70. The van der Waals surface area contributed by atoms with Crippen molar-refractivity contribution in [1.82, 2.24) is 10.6 Å². The molecule has 1 spiro atoms. The molecule has 4 rings (SSSR count). The number of nitrogens with one attached hydrogen (secondary N) is 2. The lowest BCUT2D eigenvalue weighted by atomic mass is 9.73. The fraction of sp³-hybridized carbons (Fsp3) is 0.500. The number of piperidine rings is 2. The first-order valence-corrected chi connectivity index (χ1v) is 11.8. The summed E-state index contributed by atoms with van der Waals surface area (Å²) in [4.78, 5) is 12.0. The van der Waals surface area contributed by atoms with E-state index in [0.717, 1.165) is 18.4 Å². The maximum Gasteiger partial charge on any atom is 0.416 e. The van der Waals surface area contributed by atoms with Crippen LogP contribution in [-0.2, 0) is 27.4 Å². The normalized spacial score (nSPS) is 26.0. The Morgan fingerprint density at radius 1 is 0.944 bits per heavy atom. The first-order chi connectivity index (χ1) is 16.8. The van der Waals surface area contributed by atoms with Gasteiger partial charge in [0.15, 0.2) is 0 Å². The van der Waals surface area contributed by atoms with Gasteiger partial charge in [0, 0.05) is 13.0 Å². The van der Waals surface area contributed by atoms with Crippen molar-refractivity contribution >= 4 is 5.91 Å². The van der Waals surface area contributed by atoms with Crippen molar-refractivity contribution in [3.8, 4) is 0 Å². The van der Waals surface area contributed by atoms with Crippen LogP contribution in [0.5, 0.6) is 0 Å². The Hall–Kier alpha value is -2.59. The molecule has 196 valence electrons. The van der Waals surface area contributed by atoms with Crippen LogP contribution in [0.3, 0.4) is 0 Å². The first-order valence-electron chi connectivity index (χ1n) is 11.8. The van der Waals surface area contributed by atoms with Gasteiger partial charge in [-0.3, -0.25) is 4.79 Å². The average molecular weight is 515 g/mol. The maximum absolute atomic E-state index is 13.3. The van der Waals surface area contributed by atoms with E-state index in [9.17, 15) is 31.1 Å². The van der Waals surface area contributed by atoms with Crippen molar-refractivity contribution in [1.29, 1.82) is 0 Å². The Balaban J connectivity index is 1.57. The summed E-state index contributed by atoms with van der Waals surface area (Å²) in [6, 6.07) is 10.9. The van der Waals surface area contributed by atoms with Crippen LogP contribution in [0.15, 0.2) is 48.5 Å². The van der Waals surface area contributed by atoms with Gasteiger partial charge in [-0.25, -0.2) is 0 Å². The zero-order chi connectivity index (χ0) is 26.2. The van der Waals surface area contributed by atoms with Crippen molar-refractivity contribution in [2.45, 2.75) is 68.6 Å². The molecule has 0 saturated carbocycles. The summed E-state index contributed by atoms with van der Waals surface area (Å²) in [5, 5.41) is 6.61. The van der Waals surface area contributed by atoms with Crippen molar-refractivity contribution < 1.29 is 35.9 Å². The van der Waals surface area contributed by atoms with E-state index in [2.05, 4.69) is 10.6 Å². The Kier molecular flexibility index (Phi) is 7.13. The average Bonchev–Trinajstić information content (AvgIpc) is 2.83. The number of amides is 1. The molecular weight excluding hydrogens is 486 g/mol. The molecule has 0 bridgehead atoms. The standard InChI is InChI=1S/C26H28F6N2O2/c1-17(18-12-20(25(27,28)29)14-21(13-18)26(30,31)32)36-16-24(19-6-3-2-4-7-19)11-10-23(15-33-24)9-5-8-22(35)34-23/h2-4,6-7,12-14,17,33H,5,8-11,15-16H2,1H3,(H,34,35). The van der Waals surface area contributed by atoms with Crippen LogP contribution in [0.1, 0.15) is 67.4 Å². The second-order valence-electron chi connectivity index (χ2n) is 9.78. The number of hydrogen-bond acceptors (Lipinski definition) is 3. The molecule has 0 aliphatic carbocycles. The highest BCUT2D eigenvalue weighted by Gasteiger charge is 2.45. The molecule has 10 heteroatoms. The molecule has 0 aromatic heterocycles. The number of carbonyl (C=O) groups excluding carboxylic acids is 1. The van der Waals surface area contributed by atoms with Gasteiger partial charge in [-0.2, -0.15) is 26.3 Å². The van der Waals surface area contributed by atoms with Gasteiger partial charge in [-0.05, 0) is 61.9 Å². The predicted octanol–water partition coefficient (Wildman–Crippen LogP) is 6.12. The van der Waals surface area contributed by atoms with E-state index in [4.69, 9.17) is 4.74 Å². The highest BCUT2D eigenvalue weighted by atomic mass is 19.4. The van der Waals surface area contributed by atoms with E-state index in [0.29, 0.717) is 37.9 Å². The highest BCUT2D eigenvalue weighted by Crippen LogP contribution is 2.40. The molecule has 2 aromatic rings. The van der Waals surface area contributed by atoms with Gasteiger partial charge < -0.3 is 15.4 Å². The van der Waals surface area contributed by atoms with E-state index in [1.165, 1.54) is 6.92 Å². The van der Waals surface area contributed by atoms with Gasteiger partial charge in [0.2, 0.25) is 5.91 Å². The summed E-state index contributed by atoms with van der Waals surface area (Å²) in [5.41, 5.74) is -3.13. The number of benzene rings is 2. The Bertz CT molecular complexity index is 1040. The zero-order valence-electron chi connectivity index (χ0n) is 19.7. The summed E-state index contributed by atoms with van der Waals surface area (Å²) in [6.07, 6.45) is -7.53. The number of hydrogen-bond donors (Lipinski definition) is 2. The van der Waals surface area contributed by atoms with E-state index in [-0.39, 0.29) is 29.7 Å². The second kappa shape index (κ2) is 9.70. The van der Waals surface area contributed by atoms with Gasteiger partial charge >= 0.3 is 12.4 Å². The van der Waals surface area contributed by atoms with E-state index < -0.39 is 35.1 Å². The molecule has 3 atom stereocenters. The minimum Gasteiger partial charge on any atom is -0.372 e. The molecular formula is C26H28F6N2O2. The molecule has 2 aliphatic heterocycles. The van der Waals surface area contributed by atoms with Crippen molar-refractivity contribution in [2.24, 2.45) is 0 Å². The summed E-state index contributed by atoms with van der Waals surface area (Å²) in [5.74, 6) is 0.00477. The molecule has 2 aromatic carbocycles. The monoisotopic (exact) mass is 514 g/mol. The van der Waals surface area contributed by atoms with Gasteiger partial charge in [0.1, 0.15) is 0 Å². The quantitative estimate of drug-likeness (QED) is 0.473. The number of rotatable bonds is 5. The lowest BCUT2D eigenvalue weighted by molar-refractivity contribution is -0.143. The molecule has 36 heavy (non-hydrogen) atoms. The van der Waals surface area contributed by atoms with Gasteiger partial charge in [-0.15, -0.1) is 0 Å². The number of carbonyl (C=O) groups is 1. The van der Waals surface area contributed by atoms with Gasteiger partial charge in [-0.1, -0.05) is 30.3 Å². The summed E-state index contributed by atoms with van der Waals surface area (Å²) >= 11 is 0. The van der Waals surface area contributed by atoms with E-state index in [1.54, 1.807) is 0 Å². The molecule has 2 aliphatic rings. The highest BCUT2D eigenvalue weighted by molar-refractivity contribution is 5.77. The summed E-state index contributed by atoms with van der Waals surface area (Å²) < 4.78 is 85.8. The molecule has 0 radical (unpaired) electrons. The summed E-state index contributed by atoms with van der Waals surface area (Å²) in [6.45, 7) is 1.95. The number of alkyl halides is 6. The zero-order valence-corrected chi connectivity index (χ0v) is 19.7. The topological polar surface area (TPSA) is 50.4 Å². The van der Waals surface area contributed by atoms with Crippen LogP contribution in [-0.4, -0.2) is 24.6 Å². The number of ether oxygens (including phenoxy) is 1. The third-order valence-electron chi connectivity index (χ3n) is 7.24. The molecule has 1 amide bonds. The van der Waals surface area contributed by atoms with Crippen LogP contribution in [0.2, 0.25) is 0 Å². The minimum absolute atomic E-state index is 0.00477. The smallest absolute Gasteiger partial charge is 0.372 e. The molecule has 2 fully saturated rings. The number of halogens is 6. The van der Waals surface area contributed by atoms with E-state index in [1.807, 2.05) is 30.3 Å². The van der Waals surface area contributed by atoms with Crippen LogP contribution < -0.4 is 10.6 Å². The third-order valence-corrected chi connectivity index (χ3v) is 7.24. The molecule has 2 heterocycles. The van der Waals surface area contributed by atoms with Gasteiger partial charge in [0.25, 0.3) is 0 Å². The summed E-state index contributed by atoms with van der Waals surface area (Å²) in [7, 11) is 0. The van der Waals surface area contributed by atoms with Crippen molar-refractivity contribution in [2.75, 3.05) is 13.2 Å². The lowest BCUT2D eigenvalue weighted by Crippen LogP contribution is -2.65. The molecule has 4 nitrogen and oxygen atoms in total. The van der Waals surface area contributed by atoms with Crippen LogP contribution in [0, 0.1) is 0 Å². The van der Waals surface area contributed by atoms with Crippen LogP contribution >= 0.6 is 0 Å². The van der Waals surface area contributed by atoms with Crippen LogP contribution in [0.25, 0.3) is 0 Å². The first kappa shape index (κ1) is 26.5. The second-order valence-corrected chi connectivity index (χ2v) is 9.78.